The van der Waals surface area contributed by atoms with E-state index in [2.05, 4.69) is 0 Å². The van der Waals surface area contributed by atoms with E-state index in [-0.39, 0.29) is 38.5 Å². The molecule has 1 heterocycles. The number of esters is 1. The van der Waals surface area contributed by atoms with Crippen molar-refractivity contribution in [2.45, 2.75) is 133 Å². The number of carbonyl (C=O) groups is 1. The van der Waals surface area contributed by atoms with Gasteiger partial charge in [0.2, 0.25) is 0 Å². The van der Waals surface area contributed by atoms with Gasteiger partial charge in [0.1, 0.15) is 12.2 Å². The zero-order valence-corrected chi connectivity index (χ0v) is 25.7. The van der Waals surface area contributed by atoms with Gasteiger partial charge in [-0.05, 0) is 51.5 Å². The molecule has 10 atom stereocenters. The third kappa shape index (κ3) is 17.1. The highest BCUT2D eigenvalue weighted by Crippen LogP contribution is 2.23. The lowest BCUT2D eigenvalue weighted by molar-refractivity contribution is -0.162. The Balaban J connectivity index is 3.06. The van der Waals surface area contributed by atoms with Gasteiger partial charge in [0.05, 0.1) is 48.6 Å². The molecule has 0 radical (unpaired) electrons. The Kier molecular flexibility index (Phi) is 19.5. The van der Waals surface area contributed by atoms with Gasteiger partial charge in [0.15, 0.2) is 0 Å². The quantitative estimate of drug-likeness (QED) is 0.220. The zero-order valence-electron chi connectivity index (χ0n) is 25.7. The van der Waals surface area contributed by atoms with Crippen LogP contribution in [0.3, 0.4) is 0 Å². The first kappa shape index (κ1) is 38.9. The van der Waals surface area contributed by atoms with E-state index in [4.69, 9.17) is 4.74 Å². The summed E-state index contributed by atoms with van der Waals surface area (Å²) in [4.78, 5) is 12.9. The topological polar surface area (TPSA) is 188 Å². The van der Waals surface area contributed by atoms with Crippen LogP contribution in [0.2, 0.25) is 0 Å². The van der Waals surface area contributed by atoms with Crippen LogP contribution >= 0.6 is 0 Å². The number of rotatable bonds is 3. The van der Waals surface area contributed by atoms with Gasteiger partial charge in [-0.2, -0.15) is 0 Å². The Labute approximate surface area is 256 Å². The van der Waals surface area contributed by atoms with Gasteiger partial charge in [-0.3, -0.25) is 4.79 Å². The number of carbonyl (C=O) groups excluding carboxylic acids is 1. The molecule has 246 valence electrons. The van der Waals surface area contributed by atoms with Crippen LogP contribution in [0.25, 0.3) is 0 Å². The molecule has 0 amide bonds. The van der Waals surface area contributed by atoms with Crippen molar-refractivity contribution in [1.82, 2.24) is 0 Å². The normalized spacial score (nSPS) is 39.7. The molecule has 43 heavy (non-hydrogen) atoms. The van der Waals surface area contributed by atoms with Crippen molar-refractivity contribution in [1.29, 1.82) is 0 Å². The number of ether oxygens (including phenoxy) is 1. The number of aliphatic hydroxyl groups excluding tert-OH is 8. The third-order valence-corrected chi connectivity index (χ3v) is 7.46. The molecule has 0 aromatic carbocycles. The van der Waals surface area contributed by atoms with E-state index in [0.29, 0.717) is 18.4 Å². The van der Waals surface area contributed by atoms with Crippen LogP contribution in [0.15, 0.2) is 60.3 Å². The van der Waals surface area contributed by atoms with E-state index >= 15 is 0 Å². The second-order valence-electron chi connectivity index (χ2n) is 11.6. The summed E-state index contributed by atoms with van der Waals surface area (Å²) in [7, 11) is 0. The van der Waals surface area contributed by atoms with Crippen molar-refractivity contribution < 1.29 is 50.4 Å². The molecule has 1 aliphatic heterocycles. The summed E-state index contributed by atoms with van der Waals surface area (Å²) >= 11 is 0. The van der Waals surface area contributed by atoms with Gasteiger partial charge in [-0.25, -0.2) is 0 Å². The van der Waals surface area contributed by atoms with Crippen molar-refractivity contribution in [3.63, 3.8) is 0 Å². The summed E-state index contributed by atoms with van der Waals surface area (Å²) in [5.41, 5.74) is 0.622. The SMILES string of the molecule is CCCCC1C(=O)OC(C)C(O)/C=C/C=C/C=C/C=C/C=C(/C)C(O)CC(O)C[C@@H](O)CC(O)CC(O)CC(O)CC1O. The zero-order chi connectivity index (χ0) is 32.4. The summed E-state index contributed by atoms with van der Waals surface area (Å²) in [5.74, 6) is -1.62. The monoisotopic (exact) mass is 610 g/mol. The van der Waals surface area contributed by atoms with Crippen molar-refractivity contribution in [2.24, 2.45) is 5.92 Å². The number of aliphatic hydroxyl groups is 8. The lowest BCUT2D eigenvalue weighted by Gasteiger charge is -2.27. The molecule has 10 nitrogen and oxygen atoms in total. The van der Waals surface area contributed by atoms with E-state index in [1.54, 1.807) is 62.5 Å². The van der Waals surface area contributed by atoms with Crippen LogP contribution in [0.1, 0.15) is 78.6 Å². The van der Waals surface area contributed by atoms with Crippen LogP contribution < -0.4 is 0 Å². The largest absolute Gasteiger partial charge is 0.459 e. The van der Waals surface area contributed by atoms with Crippen LogP contribution in [-0.2, 0) is 9.53 Å². The van der Waals surface area contributed by atoms with E-state index in [1.807, 2.05) is 6.92 Å². The summed E-state index contributed by atoms with van der Waals surface area (Å²) in [6.07, 6.45) is 6.60. The molecule has 0 aromatic heterocycles. The predicted octanol–water partition coefficient (Wildman–Crippen LogP) is 2.14. The summed E-state index contributed by atoms with van der Waals surface area (Å²) in [5, 5.41) is 83.5. The van der Waals surface area contributed by atoms with Gasteiger partial charge < -0.3 is 45.6 Å². The molecule has 10 heteroatoms. The van der Waals surface area contributed by atoms with Crippen molar-refractivity contribution >= 4 is 5.97 Å². The Morgan fingerprint density at radius 2 is 1.16 bits per heavy atom. The lowest BCUT2D eigenvalue weighted by Crippen LogP contribution is -2.37. The molecule has 9 unspecified atom stereocenters. The second kappa shape index (κ2) is 21.5. The molecule has 0 aromatic rings. The average molecular weight is 611 g/mol. The number of allylic oxidation sites excluding steroid dienone is 8. The van der Waals surface area contributed by atoms with Gasteiger partial charge in [-0.15, -0.1) is 0 Å². The maximum absolute atomic E-state index is 12.9. The minimum absolute atomic E-state index is 0.00262. The summed E-state index contributed by atoms with van der Waals surface area (Å²) in [6, 6.07) is 0. The Hall–Kier alpha value is -2.15. The maximum atomic E-state index is 12.9. The number of unbranched alkanes of at least 4 members (excludes halogenated alkanes) is 1. The molecule has 0 saturated carbocycles. The summed E-state index contributed by atoms with van der Waals surface area (Å²) < 4.78 is 5.45. The van der Waals surface area contributed by atoms with Crippen LogP contribution in [-0.4, -0.2) is 102 Å². The molecule has 0 spiro atoms. The molecular weight excluding hydrogens is 556 g/mol. The minimum Gasteiger partial charge on any atom is -0.459 e. The van der Waals surface area contributed by atoms with Crippen molar-refractivity contribution in [2.75, 3.05) is 0 Å². The number of hydrogen-bond donors (Lipinski definition) is 8. The van der Waals surface area contributed by atoms with E-state index in [1.165, 1.54) is 6.08 Å². The fourth-order valence-corrected chi connectivity index (χ4v) is 4.83. The first-order chi connectivity index (χ1) is 20.3. The number of cyclic esters (lactones) is 1. The van der Waals surface area contributed by atoms with E-state index < -0.39 is 66.8 Å². The van der Waals surface area contributed by atoms with Gasteiger partial charge in [0, 0.05) is 12.8 Å². The average Bonchev–Trinajstić information content (AvgIpc) is 2.90. The van der Waals surface area contributed by atoms with Crippen LogP contribution in [0.4, 0.5) is 0 Å². The first-order valence-corrected chi connectivity index (χ1v) is 15.3. The molecule has 1 rings (SSSR count). The van der Waals surface area contributed by atoms with Crippen molar-refractivity contribution in [3.05, 3.63) is 60.3 Å². The fraction of sp³-hybridized carbons (Fsp3) is 0.667. The molecule has 0 saturated heterocycles. The smallest absolute Gasteiger partial charge is 0.311 e. The summed E-state index contributed by atoms with van der Waals surface area (Å²) in [6.45, 7) is 5.21. The number of hydrogen-bond acceptors (Lipinski definition) is 10. The minimum atomic E-state index is -1.25. The molecule has 0 bridgehead atoms. The maximum Gasteiger partial charge on any atom is 0.311 e. The fourth-order valence-electron chi connectivity index (χ4n) is 4.83. The first-order valence-electron chi connectivity index (χ1n) is 15.3. The van der Waals surface area contributed by atoms with Crippen LogP contribution in [0, 0.1) is 5.92 Å². The van der Waals surface area contributed by atoms with Crippen molar-refractivity contribution in [3.8, 4) is 0 Å². The Morgan fingerprint density at radius 1 is 0.698 bits per heavy atom. The Bertz CT molecular complexity index is 927. The Morgan fingerprint density at radius 3 is 1.70 bits per heavy atom. The highest BCUT2D eigenvalue weighted by molar-refractivity contribution is 5.73. The predicted molar refractivity (Wildman–Crippen MR) is 165 cm³/mol. The third-order valence-electron chi connectivity index (χ3n) is 7.46. The van der Waals surface area contributed by atoms with Gasteiger partial charge in [-0.1, -0.05) is 74.4 Å². The van der Waals surface area contributed by atoms with Crippen LogP contribution in [0.5, 0.6) is 0 Å². The highest BCUT2D eigenvalue weighted by Gasteiger charge is 2.32. The van der Waals surface area contributed by atoms with Gasteiger partial charge >= 0.3 is 5.97 Å². The highest BCUT2D eigenvalue weighted by atomic mass is 16.6. The molecule has 0 aliphatic carbocycles. The van der Waals surface area contributed by atoms with Gasteiger partial charge in [0.25, 0.3) is 0 Å². The molecule has 0 fully saturated rings. The standard InChI is InChI=1S/C33H54O10/c1-4-5-14-29-32(41)21-28(38)19-26(36)17-24(34)16-25(35)18-27(37)20-31(40)22(2)13-11-9-7-6-8-10-12-15-30(39)23(3)43-33(29)42/h6-13,15,23-32,34-41H,4-5,14,16-21H2,1-3H3/b7-6+,10-8+,11-9+,15-12+,22-13-/t23?,24?,25-,26?,27?,28?,29?,30?,31?,32?/m0/s1. The van der Waals surface area contributed by atoms with E-state index in [0.717, 1.165) is 6.42 Å². The molecule has 1 aliphatic rings. The molecular formula is C33H54O10. The van der Waals surface area contributed by atoms with E-state index in [9.17, 15) is 45.6 Å². The second-order valence-corrected chi connectivity index (χ2v) is 11.6. The lowest BCUT2D eigenvalue weighted by atomic mass is 9.90. The molecule has 8 N–H and O–H groups in total.